The van der Waals surface area contributed by atoms with Crippen molar-refractivity contribution in [1.29, 1.82) is 0 Å². The van der Waals surface area contributed by atoms with E-state index < -0.39 is 17.4 Å². The van der Waals surface area contributed by atoms with Gasteiger partial charge in [-0.1, -0.05) is 6.92 Å². The highest BCUT2D eigenvalue weighted by Gasteiger charge is 2.14. The van der Waals surface area contributed by atoms with Gasteiger partial charge >= 0.3 is 6.03 Å². The van der Waals surface area contributed by atoms with E-state index in [9.17, 15) is 14.4 Å². The number of carbonyl (C=O) groups excluding carboxylic acids is 2. The summed E-state index contributed by atoms with van der Waals surface area (Å²) in [5.41, 5.74) is 4.98. The molecule has 8 nitrogen and oxygen atoms in total. The van der Waals surface area contributed by atoms with Gasteiger partial charge in [-0.2, -0.15) is 0 Å². The van der Waals surface area contributed by atoms with Crippen LogP contribution < -0.4 is 21.6 Å². The van der Waals surface area contributed by atoms with E-state index in [1.165, 1.54) is 6.20 Å². The predicted octanol–water partition coefficient (Wildman–Crippen LogP) is 0.586. The summed E-state index contributed by atoms with van der Waals surface area (Å²) in [6, 6.07) is 2.76. The molecule has 0 aliphatic rings. The van der Waals surface area contributed by atoms with Crippen molar-refractivity contribution in [3.8, 4) is 0 Å². The van der Waals surface area contributed by atoms with E-state index in [2.05, 4.69) is 26.1 Å². The van der Waals surface area contributed by atoms with Gasteiger partial charge in [0.2, 0.25) is 5.43 Å². The highest BCUT2D eigenvalue weighted by atomic mass is 16.2. The molecule has 0 unspecified atom stereocenters. The largest absolute Gasteiger partial charge is 0.345 e. The molecule has 0 atom stereocenters. The minimum absolute atomic E-state index is 0.103. The Morgan fingerprint density at radius 3 is 2.77 bits per heavy atom. The number of hydrogen-bond acceptors (Lipinski definition) is 4. The minimum Gasteiger partial charge on any atom is -0.345 e. The molecule has 0 fully saturated rings. The zero-order valence-corrected chi connectivity index (χ0v) is 12.3. The number of aryl methyl sites for hydroxylation is 1. The first kappa shape index (κ1) is 15.5. The molecule has 0 saturated heterocycles. The molecule has 0 spiro atoms. The lowest BCUT2D eigenvalue weighted by Crippen LogP contribution is -2.48. The molecule has 4 N–H and O–H groups in total. The number of nitrogens with zero attached hydrogens (tertiary/aromatic N) is 1. The van der Waals surface area contributed by atoms with Gasteiger partial charge in [-0.25, -0.2) is 15.2 Å². The number of aromatic nitrogens is 2. The lowest BCUT2D eigenvalue weighted by Gasteiger charge is -2.08. The summed E-state index contributed by atoms with van der Waals surface area (Å²) in [6.45, 7) is 4.20. The van der Waals surface area contributed by atoms with Crippen LogP contribution >= 0.6 is 0 Å². The summed E-state index contributed by atoms with van der Waals surface area (Å²) in [4.78, 5) is 42.5. The maximum Gasteiger partial charge on any atom is 0.333 e. The molecule has 0 aromatic carbocycles. The van der Waals surface area contributed by atoms with E-state index >= 15 is 0 Å². The Balaban J connectivity index is 2.15. The van der Waals surface area contributed by atoms with Crippen molar-refractivity contribution >= 4 is 23.0 Å². The molecule has 0 bridgehead atoms. The molecule has 0 radical (unpaired) electrons. The molecule has 0 saturated carbocycles. The number of amides is 3. The van der Waals surface area contributed by atoms with Crippen LogP contribution in [0.1, 0.15) is 29.4 Å². The first-order valence-corrected chi connectivity index (χ1v) is 6.86. The standard InChI is InChI=1S/C14H17N5O3/c1-3-6-15-14(22)19-18-13(21)10-7-16-12-9(11(10)20)5-4-8(2)17-12/h4-5,7H,3,6H2,1-2H3,(H,18,21)(H2,15,19,22)(H,16,17,20). The smallest absolute Gasteiger partial charge is 0.333 e. The number of hydrazine groups is 1. The Hall–Kier alpha value is -2.90. The quantitative estimate of drug-likeness (QED) is 0.621. The zero-order chi connectivity index (χ0) is 16.1. The van der Waals surface area contributed by atoms with Crippen LogP contribution in [-0.4, -0.2) is 28.5 Å². The number of rotatable bonds is 3. The van der Waals surface area contributed by atoms with Crippen molar-refractivity contribution in [1.82, 2.24) is 26.1 Å². The topological polar surface area (TPSA) is 116 Å². The van der Waals surface area contributed by atoms with Gasteiger partial charge in [-0.05, 0) is 25.5 Å². The fraction of sp³-hybridized carbons (Fsp3) is 0.286. The third-order valence-electron chi connectivity index (χ3n) is 2.95. The van der Waals surface area contributed by atoms with E-state index in [0.29, 0.717) is 17.6 Å². The van der Waals surface area contributed by atoms with Crippen molar-refractivity contribution in [3.63, 3.8) is 0 Å². The van der Waals surface area contributed by atoms with Gasteiger partial charge in [-0.15, -0.1) is 0 Å². The third-order valence-corrected chi connectivity index (χ3v) is 2.95. The third kappa shape index (κ3) is 3.40. The Kier molecular flexibility index (Phi) is 4.72. The number of hydrogen-bond donors (Lipinski definition) is 4. The van der Waals surface area contributed by atoms with Crippen LogP contribution in [0.2, 0.25) is 0 Å². The molecule has 22 heavy (non-hydrogen) atoms. The average molecular weight is 303 g/mol. The monoisotopic (exact) mass is 303 g/mol. The van der Waals surface area contributed by atoms with Crippen molar-refractivity contribution in [2.24, 2.45) is 0 Å². The first-order chi connectivity index (χ1) is 10.5. The minimum atomic E-state index is -0.699. The summed E-state index contributed by atoms with van der Waals surface area (Å²) < 4.78 is 0. The molecule has 2 aromatic heterocycles. The van der Waals surface area contributed by atoms with Crippen LogP contribution in [-0.2, 0) is 0 Å². The van der Waals surface area contributed by atoms with Gasteiger partial charge in [-0.3, -0.25) is 15.0 Å². The second kappa shape index (κ2) is 6.70. The van der Waals surface area contributed by atoms with Crippen molar-refractivity contribution in [2.45, 2.75) is 20.3 Å². The van der Waals surface area contributed by atoms with Crippen molar-refractivity contribution in [2.75, 3.05) is 6.54 Å². The van der Waals surface area contributed by atoms with Gasteiger partial charge in [0, 0.05) is 18.4 Å². The van der Waals surface area contributed by atoms with Crippen LogP contribution in [0.4, 0.5) is 4.79 Å². The molecule has 2 aromatic rings. The Morgan fingerprint density at radius 1 is 1.27 bits per heavy atom. The zero-order valence-electron chi connectivity index (χ0n) is 12.3. The van der Waals surface area contributed by atoms with E-state index in [1.54, 1.807) is 19.1 Å². The number of aromatic amines is 1. The first-order valence-electron chi connectivity index (χ1n) is 6.86. The van der Waals surface area contributed by atoms with Gasteiger partial charge in [0.05, 0.1) is 5.39 Å². The predicted molar refractivity (Wildman–Crippen MR) is 81.4 cm³/mol. The van der Waals surface area contributed by atoms with Crippen molar-refractivity contribution < 1.29 is 9.59 Å². The molecular weight excluding hydrogens is 286 g/mol. The highest BCUT2D eigenvalue weighted by Crippen LogP contribution is 2.06. The second-order valence-electron chi connectivity index (χ2n) is 4.72. The van der Waals surface area contributed by atoms with E-state index in [4.69, 9.17) is 0 Å². The lowest BCUT2D eigenvalue weighted by atomic mass is 10.2. The summed E-state index contributed by atoms with van der Waals surface area (Å²) in [5.74, 6) is -0.699. The van der Waals surface area contributed by atoms with Crippen LogP contribution in [0.15, 0.2) is 23.1 Å². The Morgan fingerprint density at radius 2 is 2.05 bits per heavy atom. The normalized spacial score (nSPS) is 10.3. The second-order valence-corrected chi connectivity index (χ2v) is 4.72. The molecule has 116 valence electrons. The van der Waals surface area contributed by atoms with E-state index in [0.717, 1.165) is 12.1 Å². The number of nitrogens with one attached hydrogen (secondary N) is 4. The van der Waals surface area contributed by atoms with Crippen LogP contribution in [0.5, 0.6) is 0 Å². The number of pyridine rings is 2. The molecule has 0 aliphatic carbocycles. The molecule has 2 heterocycles. The molecular formula is C14H17N5O3. The van der Waals surface area contributed by atoms with Crippen molar-refractivity contribution in [3.05, 3.63) is 39.8 Å². The summed E-state index contributed by atoms with van der Waals surface area (Å²) in [6.07, 6.45) is 2.05. The summed E-state index contributed by atoms with van der Waals surface area (Å²) >= 11 is 0. The van der Waals surface area contributed by atoms with Gasteiger partial charge in [0.15, 0.2) is 0 Å². The maximum atomic E-state index is 12.2. The number of H-pyrrole nitrogens is 1. The number of urea groups is 1. The molecule has 2 rings (SSSR count). The number of carbonyl (C=O) groups is 2. The maximum absolute atomic E-state index is 12.2. The molecule has 3 amide bonds. The van der Waals surface area contributed by atoms with Crippen LogP contribution in [0.25, 0.3) is 11.0 Å². The average Bonchev–Trinajstić information content (AvgIpc) is 2.50. The molecule has 0 aliphatic heterocycles. The SMILES string of the molecule is CCCNC(=O)NNC(=O)c1c[nH]c2nc(C)ccc2c1=O. The van der Waals surface area contributed by atoms with E-state index in [-0.39, 0.29) is 5.56 Å². The van der Waals surface area contributed by atoms with Crippen LogP contribution in [0.3, 0.4) is 0 Å². The van der Waals surface area contributed by atoms with Gasteiger partial charge in [0.1, 0.15) is 11.2 Å². The fourth-order valence-electron chi connectivity index (χ4n) is 1.83. The highest BCUT2D eigenvalue weighted by molar-refractivity contribution is 5.97. The lowest BCUT2D eigenvalue weighted by molar-refractivity contribution is 0.0935. The fourth-order valence-corrected chi connectivity index (χ4v) is 1.83. The Labute approximate surface area is 126 Å². The number of fused-ring (bicyclic) bond motifs is 1. The molecule has 8 heteroatoms. The van der Waals surface area contributed by atoms with E-state index in [1.807, 2.05) is 6.92 Å². The van der Waals surface area contributed by atoms with Gasteiger partial charge in [0.25, 0.3) is 5.91 Å². The summed E-state index contributed by atoms with van der Waals surface area (Å²) in [7, 11) is 0. The van der Waals surface area contributed by atoms with Crippen LogP contribution in [0, 0.1) is 6.92 Å². The van der Waals surface area contributed by atoms with Gasteiger partial charge < -0.3 is 10.3 Å². The summed E-state index contributed by atoms with van der Waals surface area (Å²) in [5, 5.41) is 2.84. The Bertz CT molecular complexity index is 769.